The van der Waals surface area contributed by atoms with Crippen LogP contribution in [0.5, 0.6) is 0 Å². The molecule has 0 aliphatic carbocycles. The number of hydrogen-bond acceptors (Lipinski definition) is 4. The second-order valence-electron chi connectivity index (χ2n) is 3.35. The fraction of sp³-hybridized carbons (Fsp3) is 0.600. The number of hydrogen-bond donors (Lipinski definition) is 1. The molecule has 0 aromatic carbocycles. The molecule has 0 unspecified atom stereocenters. The maximum Gasteiger partial charge on any atom is 0.410 e. The summed E-state index contributed by atoms with van der Waals surface area (Å²) < 4.78 is 5.01. The first kappa shape index (κ1) is 11.6. The van der Waals surface area contributed by atoms with Crippen molar-refractivity contribution in [2.45, 2.75) is 19.8 Å². The average Bonchev–Trinajstić information content (AvgIpc) is 2.27. The molecule has 0 aromatic rings. The smallest absolute Gasteiger partial charge is 0.410 e. The molecule has 84 valence electrons. The third kappa shape index (κ3) is 3.61. The van der Waals surface area contributed by atoms with E-state index in [1.54, 1.807) is 4.90 Å². The molecule has 5 nitrogen and oxygen atoms in total. The van der Waals surface area contributed by atoms with E-state index in [0.717, 1.165) is 18.4 Å². The van der Waals surface area contributed by atoms with E-state index >= 15 is 0 Å². The van der Waals surface area contributed by atoms with Crippen molar-refractivity contribution in [3.63, 3.8) is 0 Å². The molecule has 0 fully saturated rings. The molecule has 0 saturated carbocycles. The first-order valence-electron chi connectivity index (χ1n) is 5.06. The number of ether oxygens (including phenoxy) is 1. The van der Waals surface area contributed by atoms with Gasteiger partial charge in [0.2, 0.25) is 0 Å². The molecule has 1 amide bonds. The van der Waals surface area contributed by atoms with Crippen LogP contribution in [0.3, 0.4) is 0 Å². The zero-order chi connectivity index (χ0) is 11.1. The number of carbonyl (C=O) groups excluding carboxylic acids is 1. The van der Waals surface area contributed by atoms with Gasteiger partial charge >= 0.3 is 6.09 Å². The van der Waals surface area contributed by atoms with Gasteiger partial charge in [-0.3, -0.25) is 0 Å². The predicted octanol–water partition coefficient (Wildman–Crippen LogP) is 1.63. The van der Waals surface area contributed by atoms with E-state index in [1.807, 2.05) is 13.0 Å². The Morgan fingerprint density at radius 2 is 2.60 bits per heavy atom. The number of rotatable bonds is 3. The molecule has 0 bridgehead atoms. The van der Waals surface area contributed by atoms with E-state index in [-0.39, 0.29) is 6.09 Å². The van der Waals surface area contributed by atoms with E-state index in [0.29, 0.717) is 19.7 Å². The number of amides is 1. The lowest BCUT2D eigenvalue weighted by Crippen LogP contribution is -2.36. The number of oxime groups is 1. The van der Waals surface area contributed by atoms with Crippen LogP contribution in [-0.4, -0.2) is 42.1 Å². The molecule has 1 aliphatic heterocycles. The first-order chi connectivity index (χ1) is 7.27. The molecule has 0 radical (unpaired) electrons. The molecular formula is C10H16N2O3. The highest BCUT2D eigenvalue weighted by Gasteiger charge is 2.18. The van der Waals surface area contributed by atoms with Gasteiger partial charge in [-0.2, -0.15) is 0 Å². The molecule has 1 N–H and O–H groups in total. The fourth-order valence-electron chi connectivity index (χ4n) is 1.37. The van der Waals surface area contributed by atoms with E-state index in [2.05, 4.69) is 5.16 Å². The third-order valence-corrected chi connectivity index (χ3v) is 2.09. The summed E-state index contributed by atoms with van der Waals surface area (Å²) >= 11 is 0. The maximum absolute atomic E-state index is 11.5. The molecule has 0 aromatic heterocycles. The zero-order valence-corrected chi connectivity index (χ0v) is 8.85. The fourth-order valence-corrected chi connectivity index (χ4v) is 1.37. The van der Waals surface area contributed by atoms with E-state index in [1.165, 1.54) is 6.21 Å². The Kier molecular flexibility index (Phi) is 4.66. The highest BCUT2D eigenvalue weighted by molar-refractivity contribution is 5.80. The molecule has 1 heterocycles. The van der Waals surface area contributed by atoms with Gasteiger partial charge in [0, 0.05) is 6.54 Å². The molecule has 0 saturated heterocycles. The Labute approximate surface area is 89.0 Å². The second-order valence-corrected chi connectivity index (χ2v) is 3.35. The van der Waals surface area contributed by atoms with Crippen LogP contribution < -0.4 is 0 Å². The van der Waals surface area contributed by atoms with Crippen LogP contribution in [0.1, 0.15) is 19.8 Å². The van der Waals surface area contributed by atoms with Gasteiger partial charge in [-0.1, -0.05) is 18.2 Å². The summed E-state index contributed by atoms with van der Waals surface area (Å²) in [6.07, 6.45) is 4.58. The van der Waals surface area contributed by atoms with Gasteiger partial charge in [0.15, 0.2) is 0 Å². The van der Waals surface area contributed by atoms with Gasteiger partial charge < -0.3 is 14.8 Å². The van der Waals surface area contributed by atoms with Crippen molar-refractivity contribution in [2.75, 3.05) is 19.7 Å². The Morgan fingerprint density at radius 1 is 1.80 bits per heavy atom. The van der Waals surface area contributed by atoms with Crippen molar-refractivity contribution >= 4 is 12.3 Å². The van der Waals surface area contributed by atoms with Crippen molar-refractivity contribution in [1.29, 1.82) is 0 Å². The number of nitrogens with zero attached hydrogens (tertiary/aromatic N) is 2. The van der Waals surface area contributed by atoms with Crippen LogP contribution in [0.25, 0.3) is 0 Å². The van der Waals surface area contributed by atoms with Gasteiger partial charge in [-0.25, -0.2) is 4.79 Å². The number of carbonyl (C=O) groups is 1. The third-order valence-electron chi connectivity index (χ3n) is 2.09. The van der Waals surface area contributed by atoms with Crippen molar-refractivity contribution in [3.8, 4) is 0 Å². The normalized spacial score (nSPS) is 16.6. The van der Waals surface area contributed by atoms with Crippen LogP contribution in [0, 0.1) is 0 Å². The Bertz CT molecular complexity index is 274. The monoisotopic (exact) mass is 212 g/mol. The molecule has 0 spiro atoms. The molecule has 0 atom stereocenters. The summed E-state index contributed by atoms with van der Waals surface area (Å²) in [7, 11) is 0. The highest BCUT2D eigenvalue weighted by atomic mass is 16.6. The lowest BCUT2D eigenvalue weighted by molar-refractivity contribution is 0.105. The predicted molar refractivity (Wildman–Crippen MR) is 56.2 cm³/mol. The first-order valence-corrected chi connectivity index (χ1v) is 5.06. The Hall–Kier alpha value is -1.52. The second kappa shape index (κ2) is 6.06. The lowest BCUT2D eigenvalue weighted by Gasteiger charge is -2.25. The van der Waals surface area contributed by atoms with Gasteiger partial charge in [0.25, 0.3) is 0 Å². The Morgan fingerprint density at radius 3 is 3.27 bits per heavy atom. The largest absolute Gasteiger partial charge is 0.449 e. The van der Waals surface area contributed by atoms with Crippen molar-refractivity contribution in [1.82, 2.24) is 4.90 Å². The van der Waals surface area contributed by atoms with Gasteiger partial charge in [-0.15, -0.1) is 0 Å². The standard InChI is InChI=1S/C10H16N2O3/c1-2-6-15-10(13)12-5-3-4-9(8-12)7-11-14/h4,7,14H,2-3,5-6,8H2,1H3/b11-7+. The van der Waals surface area contributed by atoms with Crippen LogP contribution in [-0.2, 0) is 4.74 Å². The van der Waals surface area contributed by atoms with Crippen molar-refractivity contribution in [3.05, 3.63) is 11.6 Å². The van der Waals surface area contributed by atoms with Gasteiger partial charge in [0.1, 0.15) is 0 Å². The minimum absolute atomic E-state index is 0.297. The maximum atomic E-state index is 11.5. The Balaban J connectivity index is 2.45. The lowest BCUT2D eigenvalue weighted by atomic mass is 10.1. The average molecular weight is 212 g/mol. The SMILES string of the molecule is CCCOC(=O)N1CCC=C(/C=N/O)C1. The van der Waals surface area contributed by atoms with Crippen molar-refractivity contribution < 1.29 is 14.7 Å². The minimum Gasteiger partial charge on any atom is -0.449 e. The minimum atomic E-state index is -0.297. The van der Waals surface area contributed by atoms with E-state index < -0.39 is 0 Å². The summed E-state index contributed by atoms with van der Waals surface area (Å²) in [4.78, 5) is 13.1. The van der Waals surface area contributed by atoms with E-state index in [4.69, 9.17) is 9.94 Å². The summed E-state index contributed by atoms with van der Waals surface area (Å²) in [6.45, 7) is 3.51. The highest BCUT2D eigenvalue weighted by Crippen LogP contribution is 2.09. The summed E-state index contributed by atoms with van der Waals surface area (Å²) in [5.74, 6) is 0. The summed E-state index contributed by atoms with van der Waals surface area (Å²) in [6, 6.07) is 0. The van der Waals surface area contributed by atoms with Crippen LogP contribution >= 0.6 is 0 Å². The van der Waals surface area contributed by atoms with E-state index in [9.17, 15) is 4.79 Å². The van der Waals surface area contributed by atoms with Crippen LogP contribution in [0.2, 0.25) is 0 Å². The molecular weight excluding hydrogens is 196 g/mol. The van der Waals surface area contributed by atoms with Crippen molar-refractivity contribution in [2.24, 2.45) is 5.16 Å². The molecule has 1 rings (SSSR count). The van der Waals surface area contributed by atoms with Crippen LogP contribution in [0.15, 0.2) is 16.8 Å². The summed E-state index contributed by atoms with van der Waals surface area (Å²) in [5, 5.41) is 11.3. The topological polar surface area (TPSA) is 62.1 Å². The quantitative estimate of drug-likeness (QED) is 0.439. The van der Waals surface area contributed by atoms with Crippen LogP contribution in [0.4, 0.5) is 4.79 Å². The van der Waals surface area contributed by atoms with Gasteiger partial charge in [0.05, 0.1) is 19.4 Å². The summed E-state index contributed by atoms with van der Waals surface area (Å²) in [5.41, 5.74) is 0.831. The molecule has 1 aliphatic rings. The van der Waals surface area contributed by atoms with Gasteiger partial charge in [-0.05, 0) is 18.4 Å². The zero-order valence-electron chi connectivity index (χ0n) is 8.85. The molecule has 15 heavy (non-hydrogen) atoms. The molecule has 5 heteroatoms.